The van der Waals surface area contributed by atoms with Gasteiger partial charge in [-0.2, -0.15) is 0 Å². The second-order valence-corrected chi connectivity index (χ2v) is 7.37. The fourth-order valence-corrected chi connectivity index (χ4v) is 3.50. The number of hydrogen-bond acceptors (Lipinski definition) is 2. The topological polar surface area (TPSA) is 15.3 Å². The van der Waals surface area contributed by atoms with Crippen molar-refractivity contribution in [2.24, 2.45) is 11.8 Å². The van der Waals surface area contributed by atoms with Gasteiger partial charge in [0.1, 0.15) is 0 Å². The van der Waals surface area contributed by atoms with Crippen molar-refractivity contribution in [1.29, 1.82) is 0 Å². The molecule has 3 unspecified atom stereocenters. The van der Waals surface area contributed by atoms with Crippen molar-refractivity contribution in [2.45, 2.75) is 66.6 Å². The van der Waals surface area contributed by atoms with Crippen LogP contribution in [-0.4, -0.2) is 18.6 Å². The number of rotatable bonds is 4. The lowest BCUT2D eigenvalue weighted by molar-refractivity contribution is 0.297. The van der Waals surface area contributed by atoms with Crippen LogP contribution in [0.1, 0.15) is 52.2 Å². The molecule has 1 fully saturated rings. The van der Waals surface area contributed by atoms with Crippen LogP contribution in [0.25, 0.3) is 0 Å². The maximum atomic E-state index is 3.50. The molecular weight excluding hydrogens is 256 g/mol. The first kappa shape index (κ1) is 16.4. The highest BCUT2D eigenvalue weighted by Crippen LogP contribution is 2.33. The number of benzene rings is 1. The van der Waals surface area contributed by atoms with E-state index < -0.39 is 0 Å². The standard InChI is InChI=1S/C19H32N2/c1-13(2)20-11-18-7-8-19(16(5)10-18)21-12-14(3)9-15(4)17(21)6/h7-8,10,13-15,17,20H,9,11-12H2,1-6H3. The molecule has 0 bridgehead atoms. The van der Waals surface area contributed by atoms with E-state index in [9.17, 15) is 0 Å². The molecule has 0 aliphatic carbocycles. The van der Waals surface area contributed by atoms with Crippen molar-refractivity contribution in [2.75, 3.05) is 11.4 Å². The van der Waals surface area contributed by atoms with Crippen molar-refractivity contribution < 1.29 is 0 Å². The van der Waals surface area contributed by atoms with E-state index in [4.69, 9.17) is 0 Å². The lowest BCUT2D eigenvalue weighted by Gasteiger charge is -2.43. The van der Waals surface area contributed by atoms with Crippen LogP contribution in [0.3, 0.4) is 0 Å². The number of piperidine rings is 1. The molecule has 118 valence electrons. The van der Waals surface area contributed by atoms with E-state index >= 15 is 0 Å². The molecule has 1 heterocycles. The monoisotopic (exact) mass is 288 g/mol. The van der Waals surface area contributed by atoms with Gasteiger partial charge in [0.2, 0.25) is 0 Å². The SMILES string of the molecule is Cc1cc(CNC(C)C)ccc1N1CC(C)CC(C)C1C. The van der Waals surface area contributed by atoms with Crippen LogP contribution in [0.15, 0.2) is 18.2 Å². The lowest BCUT2D eigenvalue weighted by Crippen LogP contribution is -2.46. The van der Waals surface area contributed by atoms with Gasteiger partial charge >= 0.3 is 0 Å². The maximum absolute atomic E-state index is 3.50. The first-order chi connectivity index (χ1) is 9.88. The van der Waals surface area contributed by atoms with Crippen molar-refractivity contribution in [3.63, 3.8) is 0 Å². The minimum Gasteiger partial charge on any atom is -0.368 e. The number of nitrogens with zero attached hydrogens (tertiary/aromatic N) is 1. The van der Waals surface area contributed by atoms with Crippen LogP contribution in [0.2, 0.25) is 0 Å². The fourth-order valence-electron chi connectivity index (χ4n) is 3.50. The molecule has 2 heteroatoms. The van der Waals surface area contributed by atoms with Crippen molar-refractivity contribution >= 4 is 5.69 Å². The molecule has 0 aromatic heterocycles. The molecule has 3 atom stereocenters. The Bertz CT molecular complexity index is 467. The number of anilines is 1. The highest BCUT2D eigenvalue weighted by Gasteiger charge is 2.29. The number of nitrogens with one attached hydrogen (secondary N) is 1. The molecule has 0 amide bonds. The quantitative estimate of drug-likeness (QED) is 0.885. The molecule has 1 aliphatic heterocycles. The van der Waals surface area contributed by atoms with Crippen molar-refractivity contribution in [3.8, 4) is 0 Å². The van der Waals surface area contributed by atoms with E-state index in [1.807, 2.05) is 0 Å². The number of aryl methyl sites for hydroxylation is 1. The van der Waals surface area contributed by atoms with Gasteiger partial charge in [0.25, 0.3) is 0 Å². The molecule has 2 rings (SSSR count). The molecule has 2 nitrogen and oxygen atoms in total. The lowest BCUT2D eigenvalue weighted by atomic mass is 9.85. The van der Waals surface area contributed by atoms with Gasteiger partial charge in [-0.25, -0.2) is 0 Å². The van der Waals surface area contributed by atoms with Gasteiger partial charge in [0, 0.05) is 30.9 Å². The summed E-state index contributed by atoms with van der Waals surface area (Å²) in [6.07, 6.45) is 1.35. The Labute approximate surface area is 130 Å². The Hall–Kier alpha value is -1.02. The van der Waals surface area contributed by atoms with Crippen LogP contribution in [0.4, 0.5) is 5.69 Å². The third kappa shape index (κ3) is 4.00. The Morgan fingerprint density at radius 2 is 1.95 bits per heavy atom. The van der Waals surface area contributed by atoms with E-state index in [-0.39, 0.29) is 0 Å². The van der Waals surface area contributed by atoms with Gasteiger partial charge in [-0.05, 0) is 49.3 Å². The van der Waals surface area contributed by atoms with Gasteiger partial charge in [-0.1, -0.05) is 39.8 Å². The smallest absolute Gasteiger partial charge is 0.0398 e. The average Bonchev–Trinajstić information content (AvgIpc) is 2.41. The molecule has 21 heavy (non-hydrogen) atoms. The van der Waals surface area contributed by atoms with Crippen molar-refractivity contribution in [3.05, 3.63) is 29.3 Å². The summed E-state index contributed by atoms with van der Waals surface area (Å²) >= 11 is 0. The summed E-state index contributed by atoms with van der Waals surface area (Å²) in [6, 6.07) is 8.14. The first-order valence-corrected chi connectivity index (χ1v) is 8.48. The second kappa shape index (κ2) is 6.83. The van der Waals surface area contributed by atoms with E-state index in [1.165, 1.54) is 29.8 Å². The Morgan fingerprint density at radius 3 is 2.57 bits per heavy atom. The maximum Gasteiger partial charge on any atom is 0.0398 e. The van der Waals surface area contributed by atoms with Crippen LogP contribution < -0.4 is 10.2 Å². The van der Waals surface area contributed by atoms with Gasteiger partial charge in [-0.15, -0.1) is 0 Å². The summed E-state index contributed by atoms with van der Waals surface area (Å²) < 4.78 is 0. The summed E-state index contributed by atoms with van der Waals surface area (Å²) in [6.45, 7) is 15.9. The van der Waals surface area contributed by atoms with Crippen LogP contribution >= 0.6 is 0 Å². The molecule has 0 saturated carbocycles. The van der Waals surface area contributed by atoms with E-state index in [0.29, 0.717) is 12.1 Å². The number of hydrogen-bond donors (Lipinski definition) is 1. The predicted molar refractivity (Wildman–Crippen MR) is 92.9 cm³/mol. The van der Waals surface area contributed by atoms with E-state index in [2.05, 4.69) is 70.0 Å². The van der Waals surface area contributed by atoms with Crippen LogP contribution in [0, 0.1) is 18.8 Å². The van der Waals surface area contributed by atoms with Gasteiger partial charge in [0.05, 0.1) is 0 Å². The minimum absolute atomic E-state index is 0.536. The summed E-state index contributed by atoms with van der Waals surface area (Å²) in [7, 11) is 0. The Morgan fingerprint density at radius 1 is 1.24 bits per heavy atom. The molecule has 1 aromatic carbocycles. The van der Waals surface area contributed by atoms with Crippen LogP contribution in [-0.2, 0) is 6.54 Å². The summed E-state index contributed by atoms with van der Waals surface area (Å²) in [4.78, 5) is 2.62. The zero-order valence-electron chi connectivity index (χ0n) is 14.6. The molecule has 0 radical (unpaired) electrons. The Balaban J connectivity index is 2.16. The van der Waals surface area contributed by atoms with E-state index in [0.717, 1.165) is 18.4 Å². The Kier molecular flexibility index (Phi) is 5.32. The minimum atomic E-state index is 0.536. The zero-order chi connectivity index (χ0) is 15.6. The predicted octanol–water partition coefficient (Wildman–Crippen LogP) is 4.36. The normalized spacial score (nSPS) is 26.4. The largest absolute Gasteiger partial charge is 0.368 e. The van der Waals surface area contributed by atoms with Gasteiger partial charge in [-0.3, -0.25) is 0 Å². The summed E-state index contributed by atoms with van der Waals surface area (Å²) in [5.74, 6) is 1.56. The zero-order valence-corrected chi connectivity index (χ0v) is 14.6. The molecule has 1 aliphatic rings. The van der Waals surface area contributed by atoms with E-state index in [1.54, 1.807) is 0 Å². The third-order valence-corrected chi connectivity index (χ3v) is 4.88. The van der Waals surface area contributed by atoms with Gasteiger partial charge in [0.15, 0.2) is 0 Å². The molecule has 1 N–H and O–H groups in total. The summed E-state index contributed by atoms with van der Waals surface area (Å²) in [5, 5.41) is 3.50. The average molecular weight is 288 g/mol. The fraction of sp³-hybridized carbons (Fsp3) is 0.684. The van der Waals surface area contributed by atoms with Gasteiger partial charge < -0.3 is 10.2 Å². The van der Waals surface area contributed by atoms with Crippen molar-refractivity contribution in [1.82, 2.24) is 5.32 Å². The molecule has 0 spiro atoms. The third-order valence-electron chi connectivity index (χ3n) is 4.88. The second-order valence-electron chi connectivity index (χ2n) is 7.37. The highest BCUT2D eigenvalue weighted by molar-refractivity contribution is 5.55. The van der Waals surface area contributed by atoms with Crippen LogP contribution in [0.5, 0.6) is 0 Å². The first-order valence-electron chi connectivity index (χ1n) is 8.48. The molecular formula is C19H32N2. The molecule has 1 saturated heterocycles. The highest BCUT2D eigenvalue weighted by atomic mass is 15.2. The summed E-state index contributed by atoms with van der Waals surface area (Å²) in [5.41, 5.74) is 4.22. The molecule has 1 aromatic rings.